The maximum absolute atomic E-state index is 12.3. The van der Waals surface area contributed by atoms with Gasteiger partial charge in [-0.1, -0.05) is 43.2 Å². The van der Waals surface area contributed by atoms with Crippen LogP contribution in [0, 0.1) is 0 Å². The fourth-order valence-electron chi connectivity index (χ4n) is 3.26. The molecule has 0 saturated heterocycles. The number of esters is 1. The summed E-state index contributed by atoms with van der Waals surface area (Å²) in [6, 6.07) is 9.65. The van der Waals surface area contributed by atoms with Gasteiger partial charge >= 0.3 is 5.97 Å². The van der Waals surface area contributed by atoms with Crippen molar-refractivity contribution in [1.82, 2.24) is 9.55 Å². The van der Waals surface area contributed by atoms with Crippen molar-refractivity contribution in [2.75, 3.05) is 6.61 Å². The second-order valence-corrected chi connectivity index (χ2v) is 5.85. The van der Waals surface area contributed by atoms with Gasteiger partial charge in [-0.05, 0) is 19.8 Å². The van der Waals surface area contributed by atoms with Gasteiger partial charge in [0, 0.05) is 5.56 Å². The summed E-state index contributed by atoms with van der Waals surface area (Å²) >= 11 is 0. The van der Waals surface area contributed by atoms with E-state index in [-0.39, 0.29) is 6.04 Å². The zero-order valence-corrected chi connectivity index (χ0v) is 13.3. The number of nitrogens with zero attached hydrogens (tertiary/aromatic N) is 2. The standard InChI is InChI=1S/C18H22N2O3/c1-2-23-18(22)16-17(13-8-4-3-5-9-13)20(12-19-16)14-10-6-7-11-15(14)21/h3-5,8-9,12,14-15,21H,2,6-7,10-11H2,1H3/t14?,15-/m1/s1. The summed E-state index contributed by atoms with van der Waals surface area (Å²) in [5.41, 5.74) is 1.96. The van der Waals surface area contributed by atoms with Crippen LogP contribution >= 0.6 is 0 Å². The number of carbonyl (C=O) groups is 1. The van der Waals surface area contributed by atoms with Gasteiger partial charge in [0.15, 0.2) is 5.69 Å². The Morgan fingerprint density at radius 1 is 1.30 bits per heavy atom. The van der Waals surface area contributed by atoms with Gasteiger partial charge in [-0.2, -0.15) is 0 Å². The van der Waals surface area contributed by atoms with Gasteiger partial charge in [-0.25, -0.2) is 9.78 Å². The number of aliphatic hydroxyl groups is 1. The van der Waals surface area contributed by atoms with Crippen LogP contribution in [0.25, 0.3) is 11.3 Å². The highest BCUT2D eigenvalue weighted by Crippen LogP contribution is 2.34. The van der Waals surface area contributed by atoms with Crippen molar-refractivity contribution >= 4 is 5.97 Å². The van der Waals surface area contributed by atoms with E-state index in [9.17, 15) is 9.90 Å². The summed E-state index contributed by atoms with van der Waals surface area (Å²) in [6.07, 6.45) is 5.04. The molecule has 0 spiro atoms. The minimum Gasteiger partial charge on any atom is -0.461 e. The van der Waals surface area contributed by atoms with Gasteiger partial charge < -0.3 is 14.4 Å². The van der Waals surface area contributed by atoms with E-state index < -0.39 is 12.1 Å². The molecule has 2 aromatic rings. The molecule has 1 heterocycles. The number of carbonyl (C=O) groups excluding carboxylic acids is 1. The number of aromatic nitrogens is 2. The van der Waals surface area contributed by atoms with E-state index in [4.69, 9.17) is 4.74 Å². The first-order chi connectivity index (χ1) is 11.2. The zero-order chi connectivity index (χ0) is 16.2. The van der Waals surface area contributed by atoms with Gasteiger partial charge in [-0.15, -0.1) is 0 Å². The molecule has 0 aliphatic heterocycles. The predicted octanol–water partition coefficient (Wildman–Crippen LogP) is 3.20. The third kappa shape index (κ3) is 3.15. The highest BCUT2D eigenvalue weighted by Gasteiger charge is 2.29. The van der Waals surface area contributed by atoms with Crippen molar-refractivity contribution in [2.45, 2.75) is 44.8 Å². The number of hydrogen-bond acceptors (Lipinski definition) is 4. The lowest BCUT2D eigenvalue weighted by molar-refractivity contribution is 0.0519. The molecule has 1 N–H and O–H groups in total. The monoisotopic (exact) mass is 314 g/mol. The summed E-state index contributed by atoms with van der Waals surface area (Å²) in [5, 5.41) is 10.4. The Bertz CT molecular complexity index is 666. The highest BCUT2D eigenvalue weighted by molar-refractivity contribution is 5.94. The lowest BCUT2D eigenvalue weighted by Crippen LogP contribution is -2.27. The molecule has 1 saturated carbocycles. The van der Waals surface area contributed by atoms with Crippen LogP contribution in [0.1, 0.15) is 49.1 Å². The van der Waals surface area contributed by atoms with Gasteiger partial charge in [-0.3, -0.25) is 0 Å². The molecule has 1 aromatic carbocycles. The van der Waals surface area contributed by atoms with E-state index >= 15 is 0 Å². The van der Waals surface area contributed by atoms with Crippen LogP contribution < -0.4 is 0 Å². The first-order valence-electron chi connectivity index (χ1n) is 8.19. The number of benzene rings is 1. The van der Waals surface area contributed by atoms with Crippen LogP contribution in [-0.4, -0.2) is 33.3 Å². The predicted molar refractivity (Wildman–Crippen MR) is 87.1 cm³/mol. The van der Waals surface area contributed by atoms with Gasteiger partial charge in [0.2, 0.25) is 0 Å². The molecule has 1 aromatic heterocycles. The Kier molecular flexibility index (Phi) is 4.76. The largest absolute Gasteiger partial charge is 0.461 e. The molecule has 1 aliphatic rings. The van der Waals surface area contributed by atoms with Crippen molar-refractivity contribution in [3.8, 4) is 11.3 Å². The topological polar surface area (TPSA) is 64.3 Å². The average Bonchev–Trinajstić information content (AvgIpc) is 3.01. The lowest BCUT2D eigenvalue weighted by Gasteiger charge is -2.30. The molecule has 5 nitrogen and oxygen atoms in total. The van der Waals surface area contributed by atoms with Crippen LogP contribution in [0.3, 0.4) is 0 Å². The molecule has 2 atom stereocenters. The molecule has 23 heavy (non-hydrogen) atoms. The number of imidazole rings is 1. The molecule has 1 aliphatic carbocycles. The molecule has 122 valence electrons. The molecule has 1 fully saturated rings. The maximum Gasteiger partial charge on any atom is 0.359 e. The second-order valence-electron chi connectivity index (χ2n) is 5.85. The Hall–Kier alpha value is -2.14. The molecule has 0 radical (unpaired) electrons. The molecular formula is C18H22N2O3. The van der Waals surface area contributed by atoms with Crippen molar-refractivity contribution in [1.29, 1.82) is 0 Å². The van der Waals surface area contributed by atoms with Crippen LogP contribution in [0.5, 0.6) is 0 Å². The average molecular weight is 314 g/mol. The van der Waals surface area contributed by atoms with E-state index in [0.717, 1.165) is 36.9 Å². The first-order valence-corrected chi connectivity index (χ1v) is 8.19. The van der Waals surface area contributed by atoms with Gasteiger partial charge in [0.05, 0.1) is 30.8 Å². The van der Waals surface area contributed by atoms with Crippen LogP contribution in [0.4, 0.5) is 0 Å². The van der Waals surface area contributed by atoms with E-state index in [0.29, 0.717) is 12.3 Å². The Morgan fingerprint density at radius 2 is 2.04 bits per heavy atom. The summed E-state index contributed by atoms with van der Waals surface area (Å²) in [5.74, 6) is -0.421. The van der Waals surface area contributed by atoms with Crippen molar-refractivity contribution < 1.29 is 14.6 Å². The Morgan fingerprint density at radius 3 is 2.74 bits per heavy atom. The molecule has 3 rings (SSSR count). The quantitative estimate of drug-likeness (QED) is 0.880. The fourth-order valence-corrected chi connectivity index (χ4v) is 3.26. The number of hydrogen-bond donors (Lipinski definition) is 1. The van der Waals surface area contributed by atoms with E-state index in [1.807, 2.05) is 34.9 Å². The number of rotatable bonds is 4. The third-order valence-corrected chi connectivity index (χ3v) is 4.36. The maximum atomic E-state index is 12.3. The van der Waals surface area contributed by atoms with E-state index in [1.165, 1.54) is 0 Å². The van der Waals surface area contributed by atoms with Crippen molar-refractivity contribution in [2.24, 2.45) is 0 Å². The molecular weight excluding hydrogens is 292 g/mol. The zero-order valence-electron chi connectivity index (χ0n) is 13.3. The van der Waals surface area contributed by atoms with Gasteiger partial charge in [0.25, 0.3) is 0 Å². The summed E-state index contributed by atoms with van der Waals surface area (Å²) in [6.45, 7) is 2.09. The fraction of sp³-hybridized carbons (Fsp3) is 0.444. The molecule has 0 amide bonds. The van der Waals surface area contributed by atoms with Crippen LogP contribution in [-0.2, 0) is 4.74 Å². The second kappa shape index (κ2) is 6.96. The molecule has 5 heteroatoms. The molecule has 1 unspecified atom stereocenters. The van der Waals surface area contributed by atoms with Gasteiger partial charge in [0.1, 0.15) is 0 Å². The van der Waals surface area contributed by atoms with Crippen molar-refractivity contribution in [3.63, 3.8) is 0 Å². The summed E-state index contributed by atoms with van der Waals surface area (Å²) < 4.78 is 7.09. The lowest BCUT2D eigenvalue weighted by atomic mass is 9.92. The minimum absolute atomic E-state index is 0.0466. The van der Waals surface area contributed by atoms with E-state index in [1.54, 1.807) is 13.3 Å². The normalized spacial score (nSPS) is 21.1. The summed E-state index contributed by atoms with van der Waals surface area (Å²) in [4.78, 5) is 16.6. The van der Waals surface area contributed by atoms with Crippen LogP contribution in [0.2, 0.25) is 0 Å². The SMILES string of the molecule is CCOC(=O)c1ncn(C2CCCC[C@H]2O)c1-c1ccccc1. The Balaban J connectivity index is 2.07. The third-order valence-electron chi connectivity index (χ3n) is 4.36. The number of ether oxygens (including phenoxy) is 1. The van der Waals surface area contributed by atoms with E-state index in [2.05, 4.69) is 4.98 Å². The number of aliphatic hydroxyl groups excluding tert-OH is 1. The van der Waals surface area contributed by atoms with Crippen molar-refractivity contribution in [3.05, 3.63) is 42.4 Å². The molecule has 0 bridgehead atoms. The first kappa shape index (κ1) is 15.7. The minimum atomic E-state index is -0.421. The highest BCUT2D eigenvalue weighted by atomic mass is 16.5. The Labute approximate surface area is 135 Å². The van der Waals surface area contributed by atoms with Crippen LogP contribution in [0.15, 0.2) is 36.7 Å². The smallest absolute Gasteiger partial charge is 0.359 e. The summed E-state index contributed by atoms with van der Waals surface area (Å²) in [7, 11) is 0.